The Hall–Kier alpha value is -1.25. The van der Waals surface area contributed by atoms with Gasteiger partial charge < -0.3 is 10.5 Å². The molecule has 5 nitrogen and oxygen atoms in total. The van der Waals surface area contributed by atoms with E-state index < -0.39 is 15.8 Å². The van der Waals surface area contributed by atoms with E-state index in [1.165, 1.54) is 12.1 Å². The van der Waals surface area contributed by atoms with Crippen LogP contribution in [0.5, 0.6) is 0 Å². The minimum atomic E-state index is -3.55. The number of anilines is 1. The van der Waals surface area contributed by atoms with Crippen LogP contribution in [0.25, 0.3) is 0 Å². The van der Waals surface area contributed by atoms with Crippen molar-refractivity contribution in [1.29, 1.82) is 0 Å². The molecule has 1 saturated heterocycles. The van der Waals surface area contributed by atoms with Gasteiger partial charge in [0.1, 0.15) is 10.8 Å². The van der Waals surface area contributed by atoms with E-state index in [0.29, 0.717) is 6.61 Å². The van der Waals surface area contributed by atoms with Crippen LogP contribution in [0, 0.1) is 5.82 Å². The van der Waals surface area contributed by atoms with Crippen molar-refractivity contribution in [3.8, 4) is 0 Å². The molecule has 1 aliphatic rings. The topological polar surface area (TPSA) is 81.4 Å². The average Bonchev–Trinajstić information content (AvgIpc) is 2.82. The van der Waals surface area contributed by atoms with Crippen molar-refractivity contribution in [1.82, 2.24) is 0 Å². The maximum atomic E-state index is 13.4. The highest BCUT2D eigenvalue weighted by Gasteiger charge is 2.23. The molecule has 0 amide bonds. The fourth-order valence-corrected chi connectivity index (χ4v) is 3.50. The molecule has 0 bridgehead atoms. The maximum absolute atomic E-state index is 13.4. The van der Waals surface area contributed by atoms with Gasteiger partial charge in [-0.25, -0.2) is 12.8 Å². The zero-order valence-electron chi connectivity index (χ0n) is 10.6. The van der Waals surface area contributed by atoms with Gasteiger partial charge in [-0.1, -0.05) is 12.2 Å². The van der Waals surface area contributed by atoms with E-state index in [1.54, 1.807) is 0 Å². The molecule has 0 saturated carbocycles. The second kappa shape index (κ2) is 6.02. The Morgan fingerprint density at radius 3 is 2.90 bits per heavy atom. The van der Waals surface area contributed by atoms with E-state index in [2.05, 4.69) is 4.72 Å². The van der Waals surface area contributed by atoms with Gasteiger partial charge >= 0.3 is 0 Å². The molecule has 0 spiro atoms. The van der Waals surface area contributed by atoms with E-state index in [4.69, 9.17) is 22.7 Å². The molecule has 1 aromatic rings. The van der Waals surface area contributed by atoms with Gasteiger partial charge in [-0.05, 0) is 31.0 Å². The molecule has 0 aromatic heterocycles. The summed E-state index contributed by atoms with van der Waals surface area (Å²) in [6, 6.07) is 3.73. The first-order chi connectivity index (χ1) is 9.37. The molecule has 2 rings (SSSR count). The minimum absolute atomic E-state index is 0.0114. The summed E-state index contributed by atoms with van der Waals surface area (Å²) in [5.74, 6) is -0.702. The van der Waals surface area contributed by atoms with Crippen molar-refractivity contribution in [2.75, 3.05) is 17.1 Å². The normalized spacial score (nSPS) is 18.9. The highest BCUT2D eigenvalue weighted by atomic mass is 32.2. The number of rotatable bonds is 5. The molecule has 110 valence electrons. The predicted octanol–water partition coefficient (Wildman–Crippen LogP) is 1.38. The number of benzene rings is 1. The van der Waals surface area contributed by atoms with Crippen molar-refractivity contribution in [2.24, 2.45) is 5.73 Å². The highest BCUT2D eigenvalue weighted by Crippen LogP contribution is 2.18. The summed E-state index contributed by atoms with van der Waals surface area (Å²) >= 11 is 4.71. The van der Waals surface area contributed by atoms with E-state index in [-0.39, 0.29) is 28.1 Å². The van der Waals surface area contributed by atoms with Gasteiger partial charge in [0.25, 0.3) is 0 Å². The van der Waals surface area contributed by atoms with Crippen LogP contribution < -0.4 is 10.5 Å². The van der Waals surface area contributed by atoms with Crippen LogP contribution in [0.1, 0.15) is 18.4 Å². The first-order valence-electron chi connectivity index (χ1n) is 6.09. The molecule has 1 aliphatic heterocycles. The van der Waals surface area contributed by atoms with Crippen LogP contribution in [0.4, 0.5) is 10.1 Å². The smallest absolute Gasteiger partial charge is 0.235 e. The number of hydrogen-bond acceptors (Lipinski definition) is 4. The summed E-state index contributed by atoms with van der Waals surface area (Å²) in [5.41, 5.74) is 5.61. The number of halogens is 1. The summed E-state index contributed by atoms with van der Waals surface area (Å²) in [6.07, 6.45) is 1.30. The zero-order chi connectivity index (χ0) is 14.8. The van der Waals surface area contributed by atoms with Gasteiger partial charge in [0.15, 0.2) is 0 Å². The van der Waals surface area contributed by atoms with E-state index in [1.807, 2.05) is 0 Å². The Bertz CT molecular complexity index is 613. The molecule has 20 heavy (non-hydrogen) atoms. The van der Waals surface area contributed by atoms with Crippen LogP contribution in [-0.4, -0.2) is 31.9 Å². The molecule has 3 N–H and O–H groups in total. The molecule has 1 unspecified atom stereocenters. The second-order valence-electron chi connectivity index (χ2n) is 4.58. The summed E-state index contributed by atoms with van der Waals surface area (Å²) in [6.45, 7) is 0.586. The van der Waals surface area contributed by atoms with Crippen molar-refractivity contribution < 1.29 is 17.5 Å². The third kappa shape index (κ3) is 3.87. The van der Waals surface area contributed by atoms with Crippen LogP contribution in [0.15, 0.2) is 18.2 Å². The summed E-state index contributed by atoms with van der Waals surface area (Å²) in [7, 11) is -3.55. The van der Waals surface area contributed by atoms with Crippen LogP contribution in [-0.2, 0) is 14.8 Å². The molecule has 1 atom stereocenters. The van der Waals surface area contributed by atoms with E-state index in [0.717, 1.165) is 18.9 Å². The zero-order valence-corrected chi connectivity index (χ0v) is 12.3. The Morgan fingerprint density at radius 1 is 1.55 bits per heavy atom. The van der Waals surface area contributed by atoms with Crippen LogP contribution in [0.2, 0.25) is 0 Å². The average molecular weight is 318 g/mol. The van der Waals surface area contributed by atoms with Crippen LogP contribution >= 0.6 is 12.2 Å². The number of nitrogens with two attached hydrogens (primary N) is 1. The van der Waals surface area contributed by atoms with Gasteiger partial charge in [0.2, 0.25) is 10.0 Å². The quantitative estimate of drug-likeness (QED) is 0.802. The first kappa shape index (κ1) is 15.1. The lowest BCUT2D eigenvalue weighted by Gasteiger charge is -2.13. The molecule has 1 heterocycles. The monoisotopic (exact) mass is 318 g/mol. The lowest BCUT2D eigenvalue weighted by Crippen LogP contribution is -2.26. The van der Waals surface area contributed by atoms with Gasteiger partial charge in [-0.2, -0.15) is 0 Å². The van der Waals surface area contributed by atoms with Gasteiger partial charge in [0.05, 0.1) is 11.9 Å². The van der Waals surface area contributed by atoms with E-state index in [9.17, 15) is 12.8 Å². The second-order valence-corrected chi connectivity index (χ2v) is 6.78. The predicted molar refractivity (Wildman–Crippen MR) is 78.7 cm³/mol. The molecule has 0 radical (unpaired) electrons. The Kier molecular flexibility index (Phi) is 4.56. The minimum Gasteiger partial charge on any atom is -0.389 e. The maximum Gasteiger partial charge on any atom is 0.235 e. The lowest BCUT2D eigenvalue weighted by molar-refractivity contribution is 0.127. The fraction of sp³-hybridized carbons (Fsp3) is 0.417. The molecule has 1 fully saturated rings. The molecule has 8 heteroatoms. The Morgan fingerprint density at radius 2 is 2.30 bits per heavy atom. The van der Waals surface area contributed by atoms with Crippen molar-refractivity contribution >= 4 is 32.9 Å². The first-order valence-corrected chi connectivity index (χ1v) is 8.15. The number of nitrogens with one attached hydrogen (secondary N) is 1. The standard InChI is InChI=1S/C12H15FN2O3S2/c13-11-4-3-8(6-10(11)12(14)19)15-20(16,17)7-9-2-1-5-18-9/h3-4,6,9,15H,1-2,5,7H2,(H2,14,19). The molecule has 1 aromatic carbocycles. The largest absolute Gasteiger partial charge is 0.389 e. The third-order valence-electron chi connectivity index (χ3n) is 2.93. The summed E-state index contributed by atoms with van der Waals surface area (Å²) in [4.78, 5) is -0.123. The van der Waals surface area contributed by atoms with Gasteiger partial charge in [-0.3, -0.25) is 4.72 Å². The number of sulfonamides is 1. The number of thiocarbonyl (C=S) groups is 1. The molecular formula is C12H15FN2O3S2. The van der Waals surface area contributed by atoms with Gasteiger partial charge in [-0.15, -0.1) is 0 Å². The fourth-order valence-electron chi connectivity index (χ4n) is 2.02. The third-order valence-corrected chi connectivity index (χ3v) is 4.51. The lowest BCUT2D eigenvalue weighted by atomic mass is 10.2. The van der Waals surface area contributed by atoms with Crippen LogP contribution in [0.3, 0.4) is 0 Å². The van der Waals surface area contributed by atoms with Crippen molar-refractivity contribution in [3.05, 3.63) is 29.6 Å². The summed E-state index contributed by atoms with van der Waals surface area (Å²) in [5, 5.41) is 0. The number of ether oxygens (including phenoxy) is 1. The number of hydrogen-bond donors (Lipinski definition) is 2. The van der Waals surface area contributed by atoms with Crippen molar-refractivity contribution in [3.63, 3.8) is 0 Å². The SMILES string of the molecule is NC(=S)c1cc(NS(=O)(=O)CC2CCCO2)ccc1F. The van der Waals surface area contributed by atoms with E-state index >= 15 is 0 Å². The summed E-state index contributed by atoms with van der Waals surface area (Å²) < 4.78 is 45.0. The highest BCUT2D eigenvalue weighted by molar-refractivity contribution is 7.92. The Balaban J connectivity index is 2.12. The molecular weight excluding hydrogens is 303 g/mol. The van der Waals surface area contributed by atoms with Crippen molar-refractivity contribution in [2.45, 2.75) is 18.9 Å². The Labute approximate surface area is 122 Å². The van der Waals surface area contributed by atoms with Gasteiger partial charge in [0, 0.05) is 17.9 Å². The molecule has 0 aliphatic carbocycles.